The van der Waals surface area contributed by atoms with Crippen LogP contribution in [0.5, 0.6) is 0 Å². The third-order valence-corrected chi connectivity index (χ3v) is 3.58. The number of aliphatic hydroxyl groups excluding tert-OH is 1. The van der Waals surface area contributed by atoms with Gasteiger partial charge in [-0.25, -0.2) is 4.79 Å². The van der Waals surface area contributed by atoms with Crippen LogP contribution in [0.1, 0.15) is 67.0 Å². The van der Waals surface area contributed by atoms with Crippen LogP contribution >= 0.6 is 0 Å². The fourth-order valence-electron chi connectivity index (χ4n) is 2.62. The molecule has 22 heavy (non-hydrogen) atoms. The van der Waals surface area contributed by atoms with Gasteiger partial charge in [-0.15, -0.1) is 0 Å². The third kappa shape index (κ3) is 4.59. The van der Waals surface area contributed by atoms with E-state index in [4.69, 9.17) is 4.74 Å². The molecule has 0 aliphatic heterocycles. The Balaban J connectivity index is 2.63. The van der Waals surface area contributed by atoms with Crippen molar-refractivity contribution in [1.29, 1.82) is 0 Å². The maximum Gasteiger partial charge on any atom is 0.355 e. The summed E-state index contributed by atoms with van der Waals surface area (Å²) in [5, 5.41) is 12.5. The van der Waals surface area contributed by atoms with Crippen molar-refractivity contribution in [2.75, 3.05) is 6.61 Å². The van der Waals surface area contributed by atoms with Crippen molar-refractivity contribution in [3.8, 4) is 0 Å². The highest BCUT2D eigenvalue weighted by atomic mass is 16.5. The van der Waals surface area contributed by atoms with Gasteiger partial charge in [0.25, 0.3) is 5.91 Å². The lowest BCUT2D eigenvalue weighted by molar-refractivity contribution is -0.124. The van der Waals surface area contributed by atoms with Gasteiger partial charge < -0.3 is 20.1 Å². The van der Waals surface area contributed by atoms with Crippen LogP contribution in [0.2, 0.25) is 0 Å². The van der Waals surface area contributed by atoms with Gasteiger partial charge in [-0.3, -0.25) is 4.79 Å². The van der Waals surface area contributed by atoms with E-state index in [9.17, 15) is 14.7 Å². The molecule has 0 aromatic carbocycles. The van der Waals surface area contributed by atoms with Gasteiger partial charge in [0.05, 0.1) is 6.10 Å². The van der Waals surface area contributed by atoms with E-state index < -0.39 is 12.1 Å². The van der Waals surface area contributed by atoms with Gasteiger partial charge in [-0.2, -0.15) is 0 Å². The van der Waals surface area contributed by atoms with Gasteiger partial charge in [0.2, 0.25) is 0 Å². The van der Waals surface area contributed by atoms with E-state index in [1.165, 1.54) is 0 Å². The van der Waals surface area contributed by atoms with Crippen molar-refractivity contribution < 1.29 is 19.4 Å². The predicted molar refractivity (Wildman–Crippen MR) is 83.7 cm³/mol. The fourth-order valence-corrected chi connectivity index (χ4v) is 2.62. The minimum Gasteiger partial charge on any atom is -0.451 e. The standard InChI is InChI=1S/C16H26N2O4/c1-6-7-9(2)17-13(20)8-22-16(21)15-10(3)14(12(5)19)11(4)18-15/h9,12,18-19H,6-8H2,1-5H3,(H,17,20)/t9-,12+/m0/s1. The van der Waals surface area contributed by atoms with Crippen molar-refractivity contribution in [2.24, 2.45) is 0 Å². The number of ether oxygens (including phenoxy) is 1. The molecule has 3 N–H and O–H groups in total. The number of H-pyrrole nitrogens is 1. The first kappa shape index (κ1) is 18.2. The summed E-state index contributed by atoms with van der Waals surface area (Å²) in [6, 6.07) is 0.0625. The minimum atomic E-state index is -0.670. The summed E-state index contributed by atoms with van der Waals surface area (Å²) in [5.41, 5.74) is 2.34. The van der Waals surface area contributed by atoms with E-state index in [1.807, 2.05) is 13.8 Å². The third-order valence-electron chi connectivity index (χ3n) is 3.58. The number of aromatic amines is 1. The molecule has 1 aromatic heterocycles. The quantitative estimate of drug-likeness (QED) is 0.673. The Morgan fingerprint density at radius 3 is 2.45 bits per heavy atom. The highest BCUT2D eigenvalue weighted by molar-refractivity contribution is 5.91. The summed E-state index contributed by atoms with van der Waals surface area (Å²) < 4.78 is 5.03. The summed E-state index contributed by atoms with van der Waals surface area (Å²) in [7, 11) is 0. The highest BCUT2D eigenvalue weighted by Gasteiger charge is 2.21. The second-order valence-corrected chi connectivity index (χ2v) is 5.67. The van der Waals surface area contributed by atoms with Crippen molar-refractivity contribution in [3.63, 3.8) is 0 Å². The monoisotopic (exact) mass is 310 g/mol. The Morgan fingerprint density at radius 2 is 1.95 bits per heavy atom. The molecule has 0 bridgehead atoms. The first-order valence-corrected chi connectivity index (χ1v) is 7.61. The van der Waals surface area contributed by atoms with Crippen LogP contribution in [0, 0.1) is 13.8 Å². The number of nitrogens with one attached hydrogen (secondary N) is 2. The molecule has 124 valence electrons. The van der Waals surface area contributed by atoms with Gasteiger partial charge in [-0.05, 0) is 39.7 Å². The molecule has 1 amide bonds. The molecular formula is C16H26N2O4. The lowest BCUT2D eigenvalue weighted by atomic mass is 10.1. The number of esters is 1. The molecule has 0 aliphatic carbocycles. The van der Waals surface area contributed by atoms with E-state index in [2.05, 4.69) is 10.3 Å². The van der Waals surface area contributed by atoms with Gasteiger partial charge >= 0.3 is 5.97 Å². The van der Waals surface area contributed by atoms with Crippen LogP contribution in [0.3, 0.4) is 0 Å². The summed E-state index contributed by atoms with van der Waals surface area (Å²) >= 11 is 0. The van der Waals surface area contributed by atoms with Crippen molar-refractivity contribution >= 4 is 11.9 Å². The summed E-state index contributed by atoms with van der Waals surface area (Å²) in [4.78, 5) is 26.7. The van der Waals surface area contributed by atoms with E-state index in [0.29, 0.717) is 11.1 Å². The highest BCUT2D eigenvalue weighted by Crippen LogP contribution is 2.24. The second-order valence-electron chi connectivity index (χ2n) is 5.67. The molecule has 0 radical (unpaired) electrons. The molecule has 1 rings (SSSR count). The van der Waals surface area contributed by atoms with Crippen molar-refractivity contribution in [2.45, 2.75) is 59.6 Å². The number of aliphatic hydroxyl groups is 1. The number of aryl methyl sites for hydroxylation is 1. The van der Waals surface area contributed by atoms with Crippen molar-refractivity contribution in [1.82, 2.24) is 10.3 Å². The lowest BCUT2D eigenvalue weighted by Crippen LogP contribution is -2.35. The minimum absolute atomic E-state index is 0.0625. The number of rotatable bonds is 7. The van der Waals surface area contributed by atoms with Gasteiger partial charge in [-0.1, -0.05) is 13.3 Å². The second kappa shape index (κ2) is 7.98. The molecular weight excluding hydrogens is 284 g/mol. The largest absolute Gasteiger partial charge is 0.451 e. The molecule has 0 unspecified atom stereocenters. The molecule has 1 heterocycles. The predicted octanol–water partition coefficient (Wildman–Crippen LogP) is 2.15. The van der Waals surface area contributed by atoms with Crippen LogP contribution < -0.4 is 5.32 Å². The van der Waals surface area contributed by atoms with Crippen LogP contribution in [0.15, 0.2) is 0 Å². The van der Waals surface area contributed by atoms with Gasteiger partial charge in [0.1, 0.15) is 5.69 Å². The van der Waals surface area contributed by atoms with Crippen LogP contribution in [0.25, 0.3) is 0 Å². The number of hydrogen-bond donors (Lipinski definition) is 3. The van der Waals surface area contributed by atoms with Crippen LogP contribution in [-0.4, -0.2) is 34.6 Å². The smallest absolute Gasteiger partial charge is 0.355 e. The average Bonchev–Trinajstić information content (AvgIpc) is 2.71. The summed E-state index contributed by atoms with van der Waals surface area (Å²) in [5.74, 6) is -0.906. The van der Waals surface area contributed by atoms with E-state index in [-0.39, 0.29) is 24.2 Å². The number of carbonyl (C=O) groups excluding carboxylic acids is 2. The molecule has 0 spiro atoms. The zero-order valence-corrected chi connectivity index (χ0v) is 13.9. The topological polar surface area (TPSA) is 91.4 Å². The summed E-state index contributed by atoms with van der Waals surface area (Å²) in [6.07, 6.45) is 1.19. The molecule has 6 heteroatoms. The van der Waals surface area contributed by atoms with E-state index in [0.717, 1.165) is 18.5 Å². The van der Waals surface area contributed by atoms with E-state index >= 15 is 0 Å². The molecule has 0 fully saturated rings. The number of aromatic nitrogens is 1. The van der Waals surface area contributed by atoms with Gasteiger partial charge in [0.15, 0.2) is 6.61 Å². The normalized spacial score (nSPS) is 13.5. The number of hydrogen-bond acceptors (Lipinski definition) is 4. The zero-order valence-electron chi connectivity index (χ0n) is 13.9. The molecule has 2 atom stereocenters. The van der Waals surface area contributed by atoms with Gasteiger partial charge in [0, 0.05) is 17.3 Å². The number of amides is 1. The van der Waals surface area contributed by atoms with Crippen LogP contribution in [-0.2, 0) is 9.53 Å². The molecule has 1 aromatic rings. The molecule has 0 saturated carbocycles. The van der Waals surface area contributed by atoms with Crippen LogP contribution in [0.4, 0.5) is 0 Å². The summed E-state index contributed by atoms with van der Waals surface area (Å²) in [6.45, 7) is 8.81. The maximum atomic E-state index is 12.1. The molecule has 0 aliphatic rings. The number of carbonyl (C=O) groups is 2. The molecule has 6 nitrogen and oxygen atoms in total. The lowest BCUT2D eigenvalue weighted by Gasteiger charge is -2.12. The Kier molecular flexibility index (Phi) is 6.61. The first-order chi connectivity index (χ1) is 10.3. The molecule has 0 saturated heterocycles. The fraction of sp³-hybridized carbons (Fsp3) is 0.625. The van der Waals surface area contributed by atoms with E-state index in [1.54, 1.807) is 20.8 Å². The first-order valence-electron chi connectivity index (χ1n) is 7.61. The average molecular weight is 310 g/mol. The Hall–Kier alpha value is -1.82. The van der Waals surface area contributed by atoms with Crippen molar-refractivity contribution in [3.05, 3.63) is 22.5 Å². The maximum absolute atomic E-state index is 12.1. The Morgan fingerprint density at radius 1 is 1.32 bits per heavy atom. The zero-order chi connectivity index (χ0) is 16.9. The SMILES string of the molecule is CCC[C@H](C)NC(=O)COC(=O)c1[nH]c(C)c([C@@H](C)O)c1C. The Labute approximate surface area is 131 Å². The Bertz CT molecular complexity index is 534.